The lowest BCUT2D eigenvalue weighted by Crippen LogP contribution is -2.51. The molecule has 3 aromatic carbocycles. The fourth-order valence-corrected chi connectivity index (χ4v) is 7.23. The van der Waals surface area contributed by atoms with Gasteiger partial charge in [0.25, 0.3) is 0 Å². The maximum Gasteiger partial charge on any atom is 0.318 e. The standard InChI is InChI=1S/C36H41N7O/c1-26-8-5-11-28-12-6-14-33(34(26)28)42-20-16-31-32(24-42)39-36(40-35(31)43-21-18-38-29(23-43)15-17-37)44-25-30-13-7-19-41(30)22-27-9-3-2-4-10-27/h2-6,8-12,14,29-30,38H,7,13,15-16,18-25H2,1H3. The summed E-state index contributed by atoms with van der Waals surface area (Å²) in [6, 6.07) is 27.1. The molecular formula is C36H41N7O. The van der Waals surface area contributed by atoms with E-state index in [9.17, 15) is 5.26 Å². The van der Waals surface area contributed by atoms with Crippen LogP contribution < -0.4 is 19.9 Å². The Labute approximate surface area is 260 Å². The third-order valence-electron chi connectivity index (χ3n) is 9.48. The summed E-state index contributed by atoms with van der Waals surface area (Å²) < 4.78 is 6.48. The number of piperazine rings is 1. The molecular weight excluding hydrogens is 546 g/mol. The molecule has 3 aliphatic heterocycles. The molecule has 4 heterocycles. The fraction of sp³-hybridized carbons (Fsp3) is 0.417. The summed E-state index contributed by atoms with van der Waals surface area (Å²) in [4.78, 5) is 17.5. The van der Waals surface area contributed by atoms with E-state index >= 15 is 0 Å². The van der Waals surface area contributed by atoms with Crippen LogP contribution in [0.1, 0.15) is 41.6 Å². The molecule has 226 valence electrons. The quantitative estimate of drug-likeness (QED) is 0.300. The van der Waals surface area contributed by atoms with Crippen LogP contribution in [0, 0.1) is 18.3 Å². The maximum absolute atomic E-state index is 9.37. The highest BCUT2D eigenvalue weighted by Gasteiger charge is 2.30. The number of benzene rings is 3. The second kappa shape index (κ2) is 12.8. The fourth-order valence-electron chi connectivity index (χ4n) is 7.23. The Morgan fingerprint density at radius 1 is 0.977 bits per heavy atom. The predicted molar refractivity (Wildman–Crippen MR) is 175 cm³/mol. The van der Waals surface area contributed by atoms with Gasteiger partial charge >= 0.3 is 6.01 Å². The van der Waals surface area contributed by atoms with E-state index in [2.05, 4.69) is 99.7 Å². The Kier molecular flexibility index (Phi) is 8.32. The predicted octanol–water partition coefficient (Wildman–Crippen LogP) is 5.24. The first-order valence-corrected chi connectivity index (χ1v) is 16.1. The van der Waals surface area contributed by atoms with Gasteiger partial charge in [-0.3, -0.25) is 4.90 Å². The van der Waals surface area contributed by atoms with Gasteiger partial charge in [0.15, 0.2) is 0 Å². The summed E-state index contributed by atoms with van der Waals surface area (Å²) in [5, 5.41) is 15.4. The average molecular weight is 588 g/mol. The number of nitrogens with one attached hydrogen (secondary N) is 1. The smallest absolute Gasteiger partial charge is 0.318 e. The van der Waals surface area contributed by atoms with Crippen LogP contribution in [0.15, 0.2) is 66.7 Å². The second-order valence-corrected chi connectivity index (χ2v) is 12.4. The van der Waals surface area contributed by atoms with Crippen molar-refractivity contribution >= 4 is 22.3 Å². The van der Waals surface area contributed by atoms with Gasteiger partial charge in [-0.1, -0.05) is 60.7 Å². The van der Waals surface area contributed by atoms with E-state index in [1.54, 1.807) is 0 Å². The molecule has 0 saturated carbocycles. The molecule has 7 rings (SSSR count). The van der Waals surface area contributed by atoms with Crippen molar-refractivity contribution in [2.24, 2.45) is 0 Å². The van der Waals surface area contributed by atoms with Gasteiger partial charge in [-0.15, -0.1) is 0 Å². The van der Waals surface area contributed by atoms with Gasteiger partial charge in [-0.05, 0) is 55.3 Å². The van der Waals surface area contributed by atoms with Crippen molar-refractivity contribution in [3.05, 3.63) is 89.1 Å². The molecule has 0 amide bonds. The summed E-state index contributed by atoms with van der Waals surface area (Å²) in [6.45, 7) is 8.86. The average Bonchev–Trinajstić information content (AvgIpc) is 3.50. The molecule has 2 fully saturated rings. The summed E-state index contributed by atoms with van der Waals surface area (Å²) in [7, 11) is 0. The van der Waals surface area contributed by atoms with Crippen molar-refractivity contribution in [3.63, 3.8) is 0 Å². The first-order chi connectivity index (χ1) is 21.7. The molecule has 0 spiro atoms. The van der Waals surface area contributed by atoms with E-state index in [0.29, 0.717) is 31.6 Å². The van der Waals surface area contributed by atoms with Crippen LogP contribution in [0.3, 0.4) is 0 Å². The molecule has 1 aromatic heterocycles. The third-order valence-corrected chi connectivity index (χ3v) is 9.48. The highest BCUT2D eigenvalue weighted by atomic mass is 16.5. The van der Waals surface area contributed by atoms with Crippen LogP contribution in [-0.4, -0.2) is 66.3 Å². The number of ether oxygens (including phenoxy) is 1. The molecule has 44 heavy (non-hydrogen) atoms. The summed E-state index contributed by atoms with van der Waals surface area (Å²) in [6.07, 6.45) is 3.65. The number of aryl methyl sites for hydroxylation is 1. The maximum atomic E-state index is 9.37. The number of hydrogen-bond acceptors (Lipinski definition) is 8. The van der Waals surface area contributed by atoms with Gasteiger partial charge in [-0.25, -0.2) is 0 Å². The van der Waals surface area contributed by atoms with Gasteiger partial charge in [-0.2, -0.15) is 15.2 Å². The van der Waals surface area contributed by atoms with E-state index in [-0.39, 0.29) is 6.04 Å². The molecule has 8 heteroatoms. The summed E-state index contributed by atoms with van der Waals surface area (Å²) in [5.74, 6) is 0.982. The van der Waals surface area contributed by atoms with Crippen LogP contribution in [0.4, 0.5) is 11.5 Å². The van der Waals surface area contributed by atoms with Crippen molar-refractivity contribution < 1.29 is 4.74 Å². The van der Waals surface area contributed by atoms with Crippen molar-refractivity contribution in [3.8, 4) is 12.1 Å². The minimum Gasteiger partial charge on any atom is -0.462 e. The molecule has 0 radical (unpaired) electrons. The molecule has 0 aliphatic carbocycles. The topological polar surface area (TPSA) is 80.6 Å². The van der Waals surface area contributed by atoms with Gasteiger partial charge < -0.3 is 19.9 Å². The molecule has 2 atom stereocenters. The first kappa shape index (κ1) is 28.6. The van der Waals surface area contributed by atoms with Crippen molar-refractivity contribution in [2.45, 2.75) is 57.8 Å². The Hall–Kier alpha value is -4.19. The lowest BCUT2D eigenvalue weighted by molar-refractivity contribution is 0.159. The van der Waals surface area contributed by atoms with Gasteiger partial charge in [0, 0.05) is 61.4 Å². The summed E-state index contributed by atoms with van der Waals surface area (Å²) >= 11 is 0. The molecule has 2 saturated heterocycles. The zero-order valence-corrected chi connectivity index (χ0v) is 25.6. The normalized spacial score (nSPS) is 20.5. The molecule has 0 bridgehead atoms. The van der Waals surface area contributed by atoms with Crippen LogP contribution in [-0.2, 0) is 19.5 Å². The lowest BCUT2D eigenvalue weighted by atomic mass is 9.99. The molecule has 4 aromatic rings. The molecule has 2 unspecified atom stereocenters. The highest BCUT2D eigenvalue weighted by molar-refractivity contribution is 5.97. The first-order valence-electron chi connectivity index (χ1n) is 16.1. The summed E-state index contributed by atoms with van der Waals surface area (Å²) in [5.41, 5.74) is 6.14. The highest BCUT2D eigenvalue weighted by Crippen LogP contribution is 2.35. The van der Waals surface area contributed by atoms with Crippen LogP contribution in [0.5, 0.6) is 6.01 Å². The van der Waals surface area contributed by atoms with Gasteiger partial charge in [0.2, 0.25) is 0 Å². The van der Waals surface area contributed by atoms with E-state index in [4.69, 9.17) is 14.7 Å². The van der Waals surface area contributed by atoms with Crippen LogP contribution in [0.25, 0.3) is 10.8 Å². The number of nitrogens with zero attached hydrogens (tertiary/aromatic N) is 6. The van der Waals surface area contributed by atoms with Crippen LogP contribution >= 0.6 is 0 Å². The Bertz CT molecular complexity index is 1650. The van der Waals surface area contributed by atoms with Crippen molar-refractivity contribution in [1.29, 1.82) is 5.26 Å². The number of hydrogen-bond donors (Lipinski definition) is 1. The number of fused-ring (bicyclic) bond motifs is 2. The Morgan fingerprint density at radius 2 is 1.84 bits per heavy atom. The number of likely N-dealkylation sites (tertiary alicyclic amines) is 1. The number of anilines is 2. The number of nitriles is 1. The van der Waals surface area contributed by atoms with E-state index < -0.39 is 0 Å². The van der Waals surface area contributed by atoms with E-state index in [1.165, 1.54) is 39.6 Å². The minimum absolute atomic E-state index is 0.132. The third kappa shape index (κ3) is 5.95. The largest absolute Gasteiger partial charge is 0.462 e. The SMILES string of the molecule is Cc1cccc2cccc(N3CCc4c(nc(OCC5CCCN5Cc5ccccc5)nc4N4CCNC(CC#N)C4)C3)c12. The Balaban J connectivity index is 1.17. The molecule has 8 nitrogen and oxygen atoms in total. The Morgan fingerprint density at radius 3 is 2.70 bits per heavy atom. The zero-order chi connectivity index (χ0) is 29.9. The lowest BCUT2D eigenvalue weighted by Gasteiger charge is -2.37. The zero-order valence-electron chi connectivity index (χ0n) is 25.6. The monoisotopic (exact) mass is 587 g/mol. The van der Waals surface area contributed by atoms with Gasteiger partial charge in [0.1, 0.15) is 12.4 Å². The van der Waals surface area contributed by atoms with Crippen molar-refractivity contribution in [1.82, 2.24) is 20.2 Å². The molecule has 3 aliphatic rings. The molecule has 1 N–H and O–H groups in total. The van der Waals surface area contributed by atoms with E-state index in [1.807, 2.05) is 0 Å². The van der Waals surface area contributed by atoms with E-state index in [0.717, 1.165) is 63.6 Å². The number of aromatic nitrogens is 2. The van der Waals surface area contributed by atoms with Gasteiger partial charge in [0.05, 0.1) is 24.7 Å². The van der Waals surface area contributed by atoms with Crippen LogP contribution in [0.2, 0.25) is 0 Å². The second-order valence-electron chi connectivity index (χ2n) is 12.4. The van der Waals surface area contributed by atoms with Crippen molar-refractivity contribution in [2.75, 3.05) is 49.1 Å². The minimum atomic E-state index is 0.132. The number of rotatable bonds is 8.